The van der Waals surface area contributed by atoms with E-state index < -0.39 is 0 Å². The number of rotatable bonds is 1. The highest BCUT2D eigenvalue weighted by Crippen LogP contribution is 2.56. The van der Waals surface area contributed by atoms with Gasteiger partial charge in [-0.25, -0.2) is 0 Å². The molecule has 2 rings (SSSR count). The fourth-order valence-electron chi connectivity index (χ4n) is 2.81. The van der Waals surface area contributed by atoms with E-state index in [0.29, 0.717) is 11.5 Å². The standard InChI is InChI=1S/C9H18N2/c1-11(2)8-6-7(10)9(8)4-3-5-9/h7-8H,3-6,10H2,1-2H3. The molecule has 0 bridgehead atoms. The summed E-state index contributed by atoms with van der Waals surface area (Å²) < 4.78 is 0. The van der Waals surface area contributed by atoms with Crippen molar-refractivity contribution in [2.24, 2.45) is 11.1 Å². The third kappa shape index (κ3) is 0.798. The Morgan fingerprint density at radius 2 is 2.00 bits per heavy atom. The van der Waals surface area contributed by atoms with E-state index in [4.69, 9.17) is 5.73 Å². The molecule has 2 nitrogen and oxygen atoms in total. The number of hydrogen-bond donors (Lipinski definition) is 1. The van der Waals surface area contributed by atoms with Crippen LogP contribution in [0.1, 0.15) is 25.7 Å². The Bertz CT molecular complexity index is 161. The second-order valence-electron chi connectivity index (χ2n) is 4.41. The van der Waals surface area contributed by atoms with Crippen molar-refractivity contribution in [3.8, 4) is 0 Å². The summed E-state index contributed by atoms with van der Waals surface area (Å²) in [6, 6.07) is 1.29. The van der Waals surface area contributed by atoms with Crippen LogP contribution in [0.25, 0.3) is 0 Å². The molecule has 2 aliphatic carbocycles. The Morgan fingerprint density at radius 3 is 2.18 bits per heavy atom. The van der Waals surface area contributed by atoms with Gasteiger partial charge in [-0.3, -0.25) is 0 Å². The van der Waals surface area contributed by atoms with Gasteiger partial charge in [0, 0.05) is 17.5 Å². The predicted molar refractivity (Wildman–Crippen MR) is 46.4 cm³/mol. The highest BCUT2D eigenvalue weighted by Gasteiger charge is 2.57. The van der Waals surface area contributed by atoms with E-state index in [1.165, 1.54) is 25.7 Å². The second kappa shape index (κ2) is 2.20. The van der Waals surface area contributed by atoms with Gasteiger partial charge in [-0.15, -0.1) is 0 Å². The van der Waals surface area contributed by atoms with Crippen LogP contribution in [0, 0.1) is 5.41 Å². The molecule has 0 aromatic carbocycles. The first-order valence-electron chi connectivity index (χ1n) is 4.59. The molecule has 0 aromatic rings. The van der Waals surface area contributed by atoms with Gasteiger partial charge in [0.15, 0.2) is 0 Å². The lowest BCUT2D eigenvalue weighted by molar-refractivity contribution is -0.0861. The van der Waals surface area contributed by atoms with Crippen molar-refractivity contribution in [1.82, 2.24) is 4.90 Å². The van der Waals surface area contributed by atoms with Crippen molar-refractivity contribution < 1.29 is 0 Å². The van der Waals surface area contributed by atoms with E-state index in [0.717, 1.165) is 6.04 Å². The molecule has 2 fully saturated rings. The maximum Gasteiger partial charge on any atom is 0.0175 e. The van der Waals surface area contributed by atoms with E-state index in [1.54, 1.807) is 0 Å². The minimum atomic E-state index is 0.503. The summed E-state index contributed by atoms with van der Waals surface area (Å²) in [5.41, 5.74) is 6.57. The van der Waals surface area contributed by atoms with Crippen LogP contribution in [0.15, 0.2) is 0 Å². The lowest BCUT2D eigenvalue weighted by atomic mass is 9.50. The Kier molecular flexibility index (Phi) is 1.52. The first-order chi connectivity index (χ1) is 5.17. The van der Waals surface area contributed by atoms with Crippen molar-refractivity contribution >= 4 is 0 Å². The summed E-state index contributed by atoms with van der Waals surface area (Å²) in [5.74, 6) is 0. The van der Waals surface area contributed by atoms with Gasteiger partial charge in [-0.1, -0.05) is 6.42 Å². The molecular formula is C9H18N2. The Labute approximate surface area is 68.7 Å². The van der Waals surface area contributed by atoms with Crippen LogP contribution in [-0.2, 0) is 0 Å². The summed E-state index contributed by atoms with van der Waals surface area (Å²) in [6.45, 7) is 0. The minimum absolute atomic E-state index is 0.503. The molecular weight excluding hydrogens is 136 g/mol. The van der Waals surface area contributed by atoms with Gasteiger partial charge in [-0.2, -0.15) is 0 Å². The molecule has 2 unspecified atom stereocenters. The number of nitrogens with two attached hydrogens (primary N) is 1. The predicted octanol–water partition coefficient (Wildman–Crippen LogP) is 0.818. The van der Waals surface area contributed by atoms with E-state index in [9.17, 15) is 0 Å². The molecule has 64 valence electrons. The molecule has 2 aliphatic rings. The van der Waals surface area contributed by atoms with Gasteiger partial charge < -0.3 is 10.6 Å². The van der Waals surface area contributed by atoms with Crippen LogP contribution in [-0.4, -0.2) is 31.1 Å². The fourth-order valence-corrected chi connectivity index (χ4v) is 2.81. The van der Waals surface area contributed by atoms with E-state index in [-0.39, 0.29) is 0 Å². The zero-order valence-electron chi connectivity index (χ0n) is 7.51. The van der Waals surface area contributed by atoms with Gasteiger partial charge in [0.25, 0.3) is 0 Å². The van der Waals surface area contributed by atoms with E-state index in [1.807, 2.05) is 0 Å². The summed E-state index contributed by atoms with van der Waals surface area (Å²) in [4.78, 5) is 2.35. The second-order valence-corrected chi connectivity index (χ2v) is 4.41. The summed E-state index contributed by atoms with van der Waals surface area (Å²) in [5, 5.41) is 0. The molecule has 0 aromatic heterocycles. The van der Waals surface area contributed by atoms with Crippen LogP contribution >= 0.6 is 0 Å². The van der Waals surface area contributed by atoms with Crippen LogP contribution < -0.4 is 5.73 Å². The van der Waals surface area contributed by atoms with Crippen molar-refractivity contribution in [1.29, 1.82) is 0 Å². The van der Waals surface area contributed by atoms with Crippen molar-refractivity contribution in [2.75, 3.05) is 14.1 Å². The first kappa shape index (κ1) is 7.56. The van der Waals surface area contributed by atoms with Gasteiger partial charge >= 0.3 is 0 Å². The van der Waals surface area contributed by atoms with E-state index >= 15 is 0 Å². The molecule has 0 saturated heterocycles. The Morgan fingerprint density at radius 1 is 1.36 bits per heavy atom. The topological polar surface area (TPSA) is 29.3 Å². The minimum Gasteiger partial charge on any atom is -0.327 e. The Hall–Kier alpha value is -0.0800. The summed E-state index contributed by atoms with van der Waals surface area (Å²) in [6.07, 6.45) is 5.36. The number of hydrogen-bond acceptors (Lipinski definition) is 2. The summed E-state index contributed by atoms with van der Waals surface area (Å²) in [7, 11) is 4.35. The average molecular weight is 154 g/mol. The van der Waals surface area contributed by atoms with Crippen LogP contribution in [0.3, 0.4) is 0 Å². The van der Waals surface area contributed by atoms with Crippen molar-refractivity contribution in [3.05, 3.63) is 0 Å². The molecule has 0 radical (unpaired) electrons. The molecule has 2 atom stereocenters. The van der Waals surface area contributed by atoms with Gasteiger partial charge in [-0.05, 0) is 33.4 Å². The van der Waals surface area contributed by atoms with Crippen LogP contribution in [0.2, 0.25) is 0 Å². The van der Waals surface area contributed by atoms with E-state index in [2.05, 4.69) is 19.0 Å². The zero-order chi connectivity index (χ0) is 8.06. The first-order valence-corrected chi connectivity index (χ1v) is 4.59. The third-order valence-electron chi connectivity index (χ3n) is 3.79. The maximum atomic E-state index is 6.02. The molecule has 2 saturated carbocycles. The molecule has 0 heterocycles. The summed E-state index contributed by atoms with van der Waals surface area (Å²) >= 11 is 0. The maximum absolute atomic E-state index is 6.02. The fraction of sp³-hybridized carbons (Fsp3) is 1.00. The van der Waals surface area contributed by atoms with Gasteiger partial charge in [0.05, 0.1) is 0 Å². The van der Waals surface area contributed by atoms with Crippen molar-refractivity contribution in [3.63, 3.8) is 0 Å². The smallest absolute Gasteiger partial charge is 0.0175 e. The third-order valence-corrected chi connectivity index (χ3v) is 3.79. The molecule has 1 spiro atoms. The van der Waals surface area contributed by atoms with Crippen LogP contribution in [0.4, 0.5) is 0 Å². The quantitative estimate of drug-likeness (QED) is 0.606. The molecule has 2 N–H and O–H groups in total. The lowest BCUT2D eigenvalue weighted by Gasteiger charge is -2.62. The van der Waals surface area contributed by atoms with Gasteiger partial charge in [0.2, 0.25) is 0 Å². The van der Waals surface area contributed by atoms with Crippen molar-refractivity contribution in [2.45, 2.75) is 37.8 Å². The largest absolute Gasteiger partial charge is 0.327 e. The number of nitrogens with zero attached hydrogens (tertiary/aromatic N) is 1. The zero-order valence-corrected chi connectivity index (χ0v) is 7.51. The Balaban J connectivity index is 2.05. The normalized spacial score (nSPS) is 40.4. The molecule has 2 heteroatoms. The highest BCUT2D eigenvalue weighted by molar-refractivity contribution is 5.13. The average Bonchev–Trinajstić information content (AvgIpc) is 1.78. The molecule has 0 aliphatic heterocycles. The monoisotopic (exact) mass is 154 g/mol. The highest BCUT2D eigenvalue weighted by atomic mass is 15.1. The lowest BCUT2D eigenvalue weighted by Crippen LogP contribution is -2.68. The molecule has 11 heavy (non-hydrogen) atoms. The molecule has 0 amide bonds. The van der Waals surface area contributed by atoms with Gasteiger partial charge in [0.1, 0.15) is 0 Å². The van der Waals surface area contributed by atoms with Crippen LogP contribution in [0.5, 0.6) is 0 Å². The SMILES string of the molecule is CN(C)C1CC(N)C12CCC2.